The molecule has 2 aromatic carbocycles. The van der Waals surface area contributed by atoms with E-state index in [1.54, 1.807) is 26.2 Å². The third-order valence-electron chi connectivity index (χ3n) is 8.23. The minimum atomic E-state index is -0.759. The van der Waals surface area contributed by atoms with E-state index < -0.39 is 24.2 Å². The zero-order valence-corrected chi connectivity index (χ0v) is 27.5. The van der Waals surface area contributed by atoms with Crippen molar-refractivity contribution in [1.82, 2.24) is 35.5 Å². The van der Waals surface area contributed by atoms with Crippen LogP contribution in [-0.4, -0.2) is 82.0 Å². The van der Waals surface area contributed by atoms with E-state index in [0.29, 0.717) is 12.4 Å². The average Bonchev–Trinajstić information content (AvgIpc) is 3.89. The number of aromatic amines is 2. The normalized spacial score (nSPS) is 16.4. The molecule has 1 saturated heterocycles. The summed E-state index contributed by atoms with van der Waals surface area (Å²) in [7, 11) is 2.62. The molecule has 0 radical (unpaired) electrons. The lowest BCUT2D eigenvalue weighted by atomic mass is 10.0. The van der Waals surface area contributed by atoms with Gasteiger partial charge >= 0.3 is 6.09 Å². The molecule has 0 unspecified atom stereocenters. The third kappa shape index (κ3) is 7.89. The maximum Gasteiger partial charge on any atom is 0.407 e. The fraction of sp³-hybridized carbons (Fsp3) is 0.353. The molecular formula is C34H40N8O6. The molecule has 48 heavy (non-hydrogen) atoms. The molecule has 4 aromatic rings. The van der Waals surface area contributed by atoms with Crippen LogP contribution in [0, 0.1) is 0 Å². The van der Waals surface area contributed by atoms with Gasteiger partial charge in [-0.2, -0.15) is 4.89 Å². The Morgan fingerprint density at radius 2 is 1.50 bits per heavy atom. The van der Waals surface area contributed by atoms with E-state index in [2.05, 4.69) is 62.2 Å². The zero-order chi connectivity index (χ0) is 34.2. The summed E-state index contributed by atoms with van der Waals surface area (Å²) >= 11 is 0. The Bertz CT molecular complexity index is 1730. The first-order chi connectivity index (χ1) is 23.2. The number of alkyl carbamates (subject to hydrolysis) is 1. The Hall–Kier alpha value is -5.50. The molecule has 1 fully saturated rings. The molecule has 3 amide bonds. The molecule has 0 spiro atoms. The van der Waals surface area contributed by atoms with Gasteiger partial charge in [0.2, 0.25) is 18.2 Å². The molecule has 0 saturated carbocycles. The number of hydrogen-bond acceptors (Lipinski definition) is 9. The first-order valence-electron chi connectivity index (χ1n) is 15.7. The van der Waals surface area contributed by atoms with Crippen molar-refractivity contribution < 1.29 is 28.9 Å². The highest BCUT2D eigenvalue weighted by atomic mass is 17.2. The molecule has 4 N–H and O–H groups in total. The van der Waals surface area contributed by atoms with Gasteiger partial charge in [0, 0.05) is 6.54 Å². The topological polar surface area (TPSA) is 176 Å². The van der Waals surface area contributed by atoms with Gasteiger partial charge in [0.25, 0.3) is 0 Å². The van der Waals surface area contributed by atoms with E-state index in [1.165, 1.54) is 14.2 Å². The highest BCUT2D eigenvalue weighted by Crippen LogP contribution is 2.33. The van der Waals surface area contributed by atoms with Crippen LogP contribution in [-0.2, 0) is 24.1 Å². The highest BCUT2D eigenvalue weighted by molar-refractivity contribution is 5.85. The van der Waals surface area contributed by atoms with Crippen LogP contribution < -0.4 is 10.6 Å². The zero-order valence-electron chi connectivity index (χ0n) is 27.5. The summed E-state index contributed by atoms with van der Waals surface area (Å²) < 4.78 is 4.54. The SMILES string of the molecule is COOC=N[C@@H](C)C(=O)N1CCC[C@H]1c1ncc(-c2ccc(-c3ccc(-c4cnc([C@@H](C)NC(=O)[C@H](C)NC(=O)OC)[nH]4)cc3)cc2)[nH]1. The number of aromatic nitrogens is 4. The molecular weight excluding hydrogens is 616 g/mol. The van der Waals surface area contributed by atoms with Gasteiger partial charge in [-0.05, 0) is 55.9 Å². The number of ether oxygens (including phenoxy) is 1. The summed E-state index contributed by atoms with van der Waals surface area (Å²) in [5.41, 5.74) is 5.73. The van der Waals surface area contributed by atoms with E-state index in [0.717, 1.165) is 58.7 Å². The Labute approximate surface area is 278 Å². The van der Waals surface area contributed by atoms with Gasteiger partial charge in [-0.3, -0.25) is 9.59 Å². The number of methoxy groups -OCH3 is 1. The number of benzene rings is 2. The van der Waals surface area contributed by atoms with Gasteiger partial charge in [-0.1, -0.05) is 48.5 Å². The number of nitrogens with zero attached hydrogens (tertiary/aromatic N) is 4. The van der Waals surface area contributed by atoms with Crippen LogP contribution in [0.2, 0.25) is 0 Å². The minimum Gasteiger partial charge on any atom is -0.453 e. The van der Waals surface area contributed by atoms with Gasteiger partial charge in [0.15, 0.2) is 0 Å². The number of aliphatic imine (C=N–C) groups is 1. The lowest BCUT2D eigenvalue weighted by Gasteiger charge is -2.24. The molecule has 2 aromatic heterocycles. The third-order valence-corrected chi connectivity index (χ3v) is 8.23. The van der Waals surface area contributed by atoms with E-state index in [4.69, 9.17) is 0 Å². The van der Waals surface area contributed by atoms with Crippen LogP contribution in [0.15, 0.2) is 65.9 Å². The standard InChI is InChI=1S/C34H40N8O6/c1-20(38-32(43)21(2)39-34(45)46-4)30-35-17-27(40-30)25-12-8-23(9-13-25)24-10-14-26(15-11-24)28-18-36-31(41-28)29-7-6-16-42(29)33(44)22(3)37-19-48-47-5/h8-15,17-22,29H,6-7,16H2,1-5H3,(H,35,40)(H,36,41)(H,38,43)(H,39,45)/t20-,21+,22+,29+/m1/s1. The van der Waals surface area contributed by atoms with Crippen molar-refractivity contribution in [2.75, 3.05) is 20.8 Å². The van der Waals surface area contributed by atoms with Crippen LogP contribution in [0.1, 0.15) is 57.3 Å². The second-order valence-electron chi connectivity index (χ2n) is 11.5. The molecule has 14 heteroatoms. The summed E-state index contributed by atoms with van der Waals surface area (Å²) in [5, 5.41) is 5.28. The molecule has 3 heterocycles. The summed E-state index contributed by atoms with van der Waals surface area (Å²) in [5.74, 6) is 0.903. The largest absolute Gasteiger partial charge is 0.453 e. The quantitative estimate of drug-likeness (QED) is 0.0733. The summed E-state index contributed by atoms with van der Waals surface area (Å²) in [4.78, 5) is 67.7. The lowest BCUT2D eigenvalue weighted by Crippen LogP contribution is -2.45. The van der Waals surface area contributed by atoms with Crippen molar-refractivity contribution in [2.45, 2.75) is 57.8 Å². The average molecular weight is 657 g/mol. The maximum absolute atomic E-state index is 13.0. The van der Waals surface area contributed by atoms with Gasteiger partial charge in [-0.15, -0.1) is 0 Å². The lowest BCUT2D eigenvalue weighted by molar-refractivity contribution is -0.188. The number of H-pyrrole nitrogens is 2. The van der Waals surface area contributed by atoms with E-state index in [-0.39, 0.29) is 17.9 Å². The van der Waals surface area contributed by atoms with Crippen LogP contribution in [0.4, 0.5) is 4.79 Å². The molecule has 0 aliphatic carbocycles. The van der Waals surface area contributed by atoms with E-state index in [1.807, 2.05) is 48.2 Å². The summed E-state index contributed by atoms with van der Waals surface area (Å²) in [6.07, 6.45) is 5.70. The number of imidazole rings is 2. The first kappa shape index (κ1) is 33.9. The van der Waals surface area contributed by atoms with Crippen molar-refractivity contribution in [2.24, 2.45) is 4.99 Å². The Morgan fingerprint density at radius 3 is 2.12 bits per heavy atom. The second-order valence-corrected chi connectivity index (χ2v) is 11.5. The monoisotopic (exact) mass is 656 g/mol. The van der Waals surface area contributed by atoms with Crippen LogP contribution in [0.3, 0.4) is 0 Å². The Kier molecular flexibility index (Phi) is 10.9. The van der Waals surface area contributed by atoms with Gasteiger partial charge < -0.3 is 35.1 Å². The van der Waals surface area contributed by atoms with Crippen molar-refractivity contribution in [3.8, 4) is 33.6 Å². The van der Waals surface area contributed by atoms with Crippen LogP contribution >= 0.6 is 0 Å². The number of carbonyl (C=O) groups is 3. The van der Waals surface area contributed by atoms with Crippen molar-refractivity contribution >= 4 is 24.3 Å². The molecule has 1 aliphatic rings. The fourth-order valence-electron chi connectivity index (χ4n) is 5.53. The number of nitrogens with one attached hydrogen (secondary N) is 4. The predicted molar refractivity (Wildman–Crippen MR) is 178 cm³/mol. The highest BCUT2D eigenvalue weighted by Gasteiger charge is 2.34. The number of hydrogen-bond donors (Lipinski definition) is 4. The smallest absolute Gasteiger partial charge is 0.407 e. The number of likely N-dealkylation sites (tertiary alicyclic amines) is 1. The summed E-state index contributed by atoms with van der Waals surface area (Å²) in [6, 6.07) is 14.4. The predicted octanol–water partition coefficient (Wildman–Crippen LogP) is 4.71. The number of carbonyl (C=O) groups excluding carboxylic acids is 3. The summed E-state index contributed by atoms with van der Waals surface area (Å²) in [6.45, 7) is 5.76. The molecule has 5 rings (SSSR count). The van der Waals surface area contributed by atoms with Crippen LogP contribution in [0.25, 0.3) is 33.6 Å². The van der Waals surface area contributed by atoms with Crippen molar-refractivity contribution in [3.63, 3.8) is 0 Å². The second kappa shape index (κ2) is 15.4. The van der Waals surface area contributed by atoms with Crippen LogP contribution in [0.5, 0.6) is 0 Å². The Morgan fingerprint density at radius 1 is 0.896 bits per heavy atom. The maximum atomic E-state index is 13.0. The first-order valence-corrected chi connectivity index (χ1v) is 15.7. The molecule has 14 nitrogen and oxygen atoms in total. The van der Waals surface area contributed by atoms with Crippen molar-refractivity contribution in [1.29, 1.82) is 0 Å². The fourth-order valence-corrected chi connectivity index (χ4v) is 5.53. The van der Waals surface area contributed by atoms with E-state index >= 15 is 0 Å². The van der Waals surface area contributed by atoms with Gasteiger partial charge in [-0.25, -0.2) is 19.8 Å². The Balaban J connectivity index is 1.20. The van der Waals surface area contributed by atoms with Crippen molar-refractivity contribution in [3.05, 3.63) is 72.6 Å². The minimum absolute atomic E-state index is 0.0886. The molecule has 1 aliphatic heterocycles. The van der Waals surface area contributed by atoms with Gasteiger partial charge in [0.05, 0.1) is 50.1 Å². The van der Waals surface area contributed by atoms with Gasteiger partial charge in [0.1, 0.15) is 23.7 Å². The number of rotatable bonds is 12. The molecule has 0 bridgehead atoms. The molecule has 4 atom stereocenters. The van der Waals surface area contributed by atoms with E-state index in [9.17, 15) is 14.4 Å². The molecule has 252 valence electrons. The number of amides is 3.